The standard InChI is InChI=1S/C20H16FN3O/c1-2-11-24-14-16(18-5-3-4-6-19(18)24)13-22-23-20(25)12-15-7-9-17(21)10-8-15/h1,3-10,13-14H,11-12H2,(H,23,25)/b22-13+. The number of carbonyl (C=O) groups excluding carboxylic acids is 1. The summed E-state index contributed by atoms with van der Waals surface area (Å²) < 4.78 is 14.8. The van der Waals surface area contributed by atoms with Gasteiger partial charge in [-0.1, -0.05) is 36.3 Å². The molecule has 124 valence electrons. The molecule has 0 unspecified atom stereocenters. The van der Waals surface area contributed by atoms with E-state index in [2.05, 4.69) is 16.4 Å². The predicted molar refractivity (Wildman–Crippen MR) is 96.6 cm³/mol. The maximum absolute atomic E-state index is 12.9. The summed E-state index contributed by atoms with van der Waals surface area (Å²) in [5.41, 5.74) is 5.09. The van der Waals surface area contributed by atoms with Gasteiger partial charge in [-0.25, -0.2) is 9.82 Å². The highest BCUT2D eigenvalue weighted by atomic mass is 19.1. The second-order valence-electron chi connectivity index (χ2n) is 5.53. The van der Waals surface area contributed by atoms with Crippen molar-refractivity contribution in [3.63, 3.8) is 0 Å². The topological polar surface area (TPSA) is 46.4 Å². The number of rotatable bonds is 5. The number of terminal acetylenes is 1. The van der Waals surface area contributed by atoms with Crippen LogP contribution in [-0.2, 0) is 17.8 Å². The molecule has 1 aromatic heterocycles. The lowest BCUT2D eigenvalue weighted by Gasteiger charge is -2.00. The largest absolute Gasteiger partial charge is 0.335 e. The maximum Gasteiger partial charge on any atom is 0.244 e. The van der Waals surface area contributed by atoms with Gasteiger partial charge in [-0.15, -0.1) is 6.42 Å². The number of hydrazone groups is 1. The van der Waals surface area contributed by atoms with Gasteiger partial charge in [0.05, 0.1) is 19.2 Å². The van der Waals surface area contributed by atoms with Crippen LogP contribution in [0.1, 0.15) is 11.1 Å². The lowest BCUT2D eigenvalue weighted by atomic mass is 10.1. The summed E-state index contributed by atoms with van der Waals surface area (Å²) in [6, 6.07) is 13.6. The molecule has 0 aliphatic heterocycles. The van der Waals surface area contributed by atoms with Gasteiger partial charge in [-0.3, -0.25) is 4.79 Å². The van der Waals surface area contributed by atoms with Gasteiger partial charge in [-0.2, -0.15) is 5.10 Å². The normalized spacial score (nSPS) is 10.9. The van der Waals surface area contributed by atoms with Crippen LogP contribution in [0.15, 0.2) is 59.8 Å². The molecule has 0 fully saturated rings. The molecule has 0 aliphatic carbocycles. The summed E-state index contributed by atoms with van der Waals surface area (Å²) in [5.74, 6) is 2.02. The van der Waals surface area contributed by atoms with E-state index in [0.717, 1.165) is 22.0 Å². The quantitative estimate of drug-likeness (QED) is 0.435. The summed E-state index contributed by atoms with van der Waals surface area (Å²) in [7, 11) is 0. The van der Waals surface area contributed by atoms with E-state index < -0.39 is 0 Å². The Balaban J connectivity index is 1.70. The van der Waals surface area contributed by atoms with Crippen LogP contribution in [0, 0.1) is 18.2 Å². The highest BCUT2D eigenvalue weighted by Gasteiger charge is 2.06. The fourth-order valence-electron chi connectivity index (χ4n) is 2.61. The van der Waals surface area contributed by atoms with E-state index in [1.165, 1.54) is 12.1 Å². The van der Waals surface area contributed by atoms with E-state index >= 15 is 0 Å². The first-order chi connectivity index (χ1) is 12.2. The highest BCUT2D eigenvalue weighted by molar-refractivity contribution is 5.99. The third kappa shape index (κ3) is 3.93. The van der Waals surface area contributed by atoms with Gasteiger partial charge in [0.1, 0.15) is 5.82 Å². The first kappa shape index (κ1) is 16.5. The molecule has 1 heterocycles. The second kappa shape index (κ2) is 7.45. The highest BCUT2D eigenvalue weighted by Crippen LogP contribution is 2.19. The molecule has 4 nitrogen and oxygen atoms in total. The Bertz CT molecular complexity index is 965. The number of fused-ring (bicyclic) bond motifs is 1. The number of benzene rings is 2. The van der Waals surface area contributed by atoms with E-state index in [9.17, 15) is 9.18 Å². The number of nitrogens with zero attached hydrogens (tertiary/aromatic N) is 2. The fourth-order valence-corrected chi connectivity index (χ4v) is 2.61. The summed E-state index contributed by atoms with van der Waals surface area (Å²) in [6.45, 7) is 0.464. The molecule has 3 rings (SSSR count). The lowest BCUT2D eigenvalue weighted by Crippen LogP contribution is -2.19. The van der Waals surface area contributed by atoms with Gasteiger partial charge >= 0.3 is 0 Å². The number of hydrogen-bond acceptors (Lipinski definition) is 2. The lowest BCUT2D eigenvalue weighted by molar-refractivity contribution is -0.120. The summed E-state index contributed by atoms with van der Waals surface area (Å²) in [4.78, 5) is 11.9. The van der Waals surface area contributed by atoms with Crippen LogP contribution >= 0.6 is 0 Å². The van der Waals surface area contributed by atoms with Crippen LogP contribution in [0.3, 0.4) is 0 Å². The number of hydrogen-bond donors (Lipinski definition) is 1. The van der Waals surface area contributed by atoms with Crippen LogP contribution in [0.2, 0.25) is 0 Å². The zero-order valence-electron chi connectivity index (χ0n) is 13.4. The van der Waals surface area contributed by atoms with Crippen LogP contribution in [0.4, 0.5) is 4.39 Å². The van der Waals surface area contributed by atoms with E-state index in [1.807, 2.05) is 35.0 Å². The number of amides is 1. The van der Waals surface area contributed by atoms with Crippen LogP contribution in [0.5, 0.6) is 0 Å². The van der Waals surface area contributed by atoms with Gasteiger partial charge < -0.3 is 4.57 Å². The molecule has 0 saturated heterocycles. The molecule has 2 aromatic carbocycles. The Kier molecular flexibility index (Phi) is 4.91. The molecule has 0 saturated carbocycles. The van der Waals surface area contributed by atoms with Crippen molar-refractivity contribution < 1.29 is 9.18 Å². The van der Waals surface area contributed by atoms with Gasteiger partial charge in [0.2, 0.25) is 5.91 Å². The van der Waals surface area contributed by atoms with E-state index in [-0.39, 0.29) is 18.1 Å². The van der Waals surface area contributed by atoms with Crippen molar-refractivity contribution in [2.24, 2.45) is 5.10 Å². The van der Waals surface area contributed by atoms with Crippen LogP contribution in [-0.4, -0.2) is 16.7 Å². The fraction of sp³-hybridized carbons (Fsp3) is 0.100. The second-order valence-corrected chi connectivity index (χ2v) is 5.53. The molecule has 0 aliphatic rings. The van der Waals surface area contributed by atoms with Crippen molar-refractivity contribution in [1.82, 2.24) is 9.99 Å². The van der Waals surface area contributed by atoms with Gasteiger partial charge in [0, 0.05) is 22.7 Å². The number of nitrogens with one attached hydrogen (secondary N) is 1. The summed E-state index contributed by atoms with van der Waals surface area (Å²) in [5, 5.41) is 5.02. The first-order valence-electron chi connectivity index (χ1n) is 7.75. The van der Waals surface area contributed by atoms with E-state index in [1.54, 1.807) is 18.3 Å². The Hall–Kier alpha value is -3.39. The molecule has 1 N–H and O–H groups in total. The minimum Gasteiger partial charge on any atom is -0.335 e. The smallest absolute Gasteiger partial charge is 0.244 e. The molecule has 5 heteroatoms. The number of halogens is 1. The van der Waals surface area contributed by atoms with E-state index in [4.69, 9.17) is 6.42 Å². The van der Waals surface area contributed by atoms with Gasteiger partial charge in [0.25, 0.3) is 0 Å². The average molecular weight is 333 g/mol. The number of aromatic nitrogens is 1. The molecule has 0 spiro atoms. The maximum atomic E-state index is 12.9. The van der Waals surface area contributed by atoms with Gasteiger partial charge in [-0.05, 0) is 23.8 Å². The van der Waals surface area contributed by atoms with Crippen molar-refractivity contribution in [2.45, 2.75) is 13.0 Å². The Labute approximate surface area is 145 Å². The Morgan fingerprint density at radius 1 is 1.24 bits per heavy atom. The molecule has 0 atom stereocenters. The summed E-state index contributed by atoms with van der Waals surface area (Å²) >= 11 is 0. The van der Waals surface area contributed by atoms with Crippen LogP contribution in [0.25, 0.3) is 10.9 Å². The zero-order valence-corrected chi connectivity index (χ0v) is 13.4. The molecular formula is C20H16FN3O. The number of carbonyl (C=O) groups is 1. The minimum absolute atomic E-state index is 0.135. The monoisotopic (exact) mass is 333 g/mol. The first-order valence-corrected chi connectivity index (χ1v) is 7.75. The Morgan fingerprint density at radius 2 is 2.00 bits per heavy atom. The average Bonchev–Trinajstić information content (AvgIpc) is 2.96. The van der Waals surface area contributed by atoms with Gasteiger partial charge in [0.15, 0.2) is 0 Å². The summed E-state index contributed by atoms with van der Waals surface area (Å²) in [6.07, 6.45) is 9.03. The molecule has 3 aromatic rings. The van der Waals surface area contributed by atoms with Crippen molar-refractivity contribution in [1.29, 1.82) is 0 Å². The zero-order chi connectivity index (χ0) is 17.6. The molecular weight excluding hydrogens is 317 g/mol. The Morgan fingerprint density at radius 3 is 2.76 bits per heavy atom. The predicted octanol–water partition coefficient (Wildman–Crippen LogP) is 3.11. The van der Waals surface area contributed by atoms with Crippen molar-refractivity contribution >= 4 is 23.0 Å². The van der Waals surface area contributed by atoms with Crippen molar-refractivity contribution in [3.05, 3.63) is 71.7 Å². The van der Waals surface area contributed by atoms with Crippen molar-refractivity contribution in [2.75, 3.05) is 0 Å². The third-order valence-electron chi connectivity index (χ3n) is 3.75. The van der Waals surface area contributed by atoms with Crippen LogP contribution < -0.4 is 5.43 Å². The molecule has 1 amide bonds. The molecule has 25 heavy (non-hydrogen) atoms. The van der Waals surface area contributed by atoms with E-state index in [0.29, 0.717) is 6.54 Å². The SMILES string of the molecule is C#CCn1cc(/C=N/NC(=O)Cc2ccc(F)cc2)c2ccccc21. The minimum atomic E-state index is -0.328. The number of para-hydroxylation sites is 1. The van der Waals surface area contributed by atoms with Crippen molar-refractivity contribution in [3.8, 4) is 12.3 Å². The molecule has 0 radical (unpaired) electrons. The molecule has 0 bridgehead atoms. The third-order valence-corrected chi connectivity index (χ3v) is 3.75.